The van der Waals surface area contributed by atoms with Gasteiger partial charge >= 0.3 is 0 Å². The fourth-order valence-corrected chi connectivity index (χ4v) is 3.36. The van der Waals surface area contributed by atoms with E-state index in [1.54, 1.807) is 31.1 Å². The van der Waals surface area contributed by atoms with Gasteiger partial charge in [-0.15, -0.1) is 5.10 Å². The van der Waals surface area contributed by atoms with Gasteiger partial charge in [-0.25, -0.2) is 9.50 Å². The third-order valence-corrected chi connectivity index (χ3v) is 4.92. The second-order valence-electron chi connectivity index (χ2n) is 6.64. The third-order valence-electron chi connectivity index (χ3n) is 4.92. The molecule has 4 rings (SSSR count). The second kappa shape index (κ2) is 7.89. The van der Waals surface area contributed by atoms with E-state index >= 15 is 0 Å². The first-order valence-electron chi connectivity index (χ1n) is 9.20. The van der Waals surface area contributed by atoms with Crippen molar-refractivity contribution in [2.45, 2.75) is 18.9 Å². The molecule has 2 aromatic heterocycles. The fourth-order valence-electron chi connectivity index (χ4n) is 3.36. The molecule has 0 bridgehead atoms. The van der Waals surface area contributed by atoms with Crippen LogP contribution in [0.3, 0.4) is 0 Å². The number of aromatic nitrogens is 4. The standard InChI is InChI=1S/C19H24N6O3/c1-24(14-4-8-28-9-5-14)17-18-22-19(23-25(18)7-6-20-17)21-13-10-15(26-2)12-16(11-13)27-3/h6-7,10-12,14H,4-5,8-9H2,1-3H3,(H,21,23). The van der Waals surface area contributed by atoms with E-state index in [4.69, 9.17) is 14.2 Å². The minimum atomic E-state index is 0.378. The van der Waals surface area contributed by atoms with Crippen LogP contribution in [-0.2, 0) is 4.74 Å². The van der Waals surface area contributed by atoms with Gasteiger partial charge < -0.3 is 24.4 Å². The van der Waals surface area contributed by atoms with E-state index in [1.165, 1.54) is 0 Å². The molecule has 1 N–H and O–H groups in total. The van der Waals surface area contributed by atoms with E-state index < -0.39 is 0 Å². The van der Waals surface area contributed by atoms with Crippen molar-refractivity contribution in [2.24, 2.45) is 0 Å². The zero-order valence-electron chi connectivity index (χ0n) is 16.3. The molecular weight excluding hydrogens is 360 g/mol. The van der Waals surface area contributed by atoms with Crippen molar-refractivity contribution in [3.05, 3.63) is 30.6 Å². The second-order valence-corrected chi connectivity index (χ2v) is 6.64. The lowest BCUT2D eigenvalue weighted by Crippen LogP contribution is -2.37. The molecule has 148 valence electrons. The molecule has 3 aromatic rings. The van der Waals surface area contributed by atoms with Crippen LogP contribution in [0.25, 0.3) is 5.65 Å². The number of ether oxygens (including phenoxy) is 3. The Bertz CT molecular complexity index is 932. The molecule has 1 saturated heterocycles. The third kappa shape index (κ3) is 3.65. The van der Waals surface area contributed by atoms with Crippen LogP contribution in [-0.4, -0.2) is 60.1 Å². The minimum Gasteiger partial charge on any atom is -0.497 e. The highest BCUT2D eigenvalue weighted by molar-refractivity contribution is 5.67. The molecule has 9 nitrogen and oxygen atoms in total. The maximum absolute atomic E-state index is 5.47. The monoisotopic (exact) mass is 384 g/mol. The van der Waals surface area contributed by atoms with Crippen molar-refractivity contribution < 1.29 is 14.2 Å². The molecule has 9 heteroatoms. The molecule has 0 aliphatic carbocycles. The highest BCUT2D eigenvalue weighted by Gasteiger charge is 2.22. The Morgan fingerprint density at radius 3 is 2.54 bits per heavy atom. The van der Waals surface area contributed by atoms with E-state index in [9.17, 15) is 0 Å². The summed E-state index contributed by atoms with van der Waals surface area (Å²) in [6.45, 7) is 1.55. The number of hydrogen-bond acceptors (Lipinski definition) is 8. The highest BCUT2D eigenvalue weighted by Crippen LogP contribution is 2.28. The van der Waals surface area contributed by atoms with Gasteiger partial charge in [0.25, 0.3) is 0 Å². The van der Waals surface area contributed by atoms with Crippen LogP contribution in [0.5, 0.6) is 11.5 Å². The summed E-state index contributed by atoms with van der Waals surface area (Å²) in [4.78, 5) is 11.4. The number of benzene rings is 1. The van der Waals surface area contributed by atoms with E-state index in [0.29, 0.717) is 29.1 Å². The number of nitrogens with one attached hydrogen (secondary N) is 1. The summed E-state index contributed by atoms with van der Waals surface area (Å²) in [7, 11) is 5.28. The van der Waals surface area contributed by atoms with Crippen LogP contribution in [0.2, 0.25) is 0 Å². The quantitative estimate of drug-likeness (QED) is 0.694. The Labute approximate surface area is 163 Å². The lowest BCUT2D eigenvalue weighted by atomic mass is 10.1. The van der Waals surface area contributed by atoms with Gasteiger partial charge in [0, 0.05) is 62.6 Å². The van der Waals surface area contributed by atoms with Gasteiger partial charge in [-0.1, -0.05) is 0 Å². The molecule has 1 aliphatic heterocycles. The molecule has 1 aromatic carbocycles. The topological polar surface area (TPSA) is 86.0 Å². The maximum Gasteiger partial charge on any atom is 0.247 e. The molecule has 0 amide bonds. The summed E-state index contributed by atoms with van der Waals surface area (Å²) in [6, 6.07) is 5.92. The van der Waals surface area contributed by atoms with Gasteiger partial charge in [0.05, 0.1) is 14.2 Å². The summed E-state index contributed by atoms with van der Waals surface area (Å²) in [6.07, 6.45) is 5.48. The molecule has 28 heavy (non-hydrogen) atoms. The Hall–Kier alpha value is -3.07. The molecule has 1 fully saturated rings. The largest absolute Gasteiger partial charge is 0.497 e. The van der Waals surface area contributed by atoms with Crippen LogP contribution in [0, 0.1) is 0 Å². The smallest absolute Gasteiger partial charge is 0.247 e. The van der Waals surface area contributed by atoms with E-state index in [2.05, 4.69) is 25.3 Å². The molecule has 1 aliphatic rings. The van der Waals surface area contributed by atoms with Gasteiger partial charge in [0.2, 0.25) is 5.95 Å². The van der Waals surface area contributed by atoms with Crippen molar-refractivity contribution in [2.75, 3.05) is 44.7 Å². The average Bonchev–Trinajstić information content (AvgIpc) is 3.15. The molecule has 0 radical (unpaired) electrons. The maximum atomic E-state index is 5.47. The SMILES string of the molecule is COc1cc(Nc2nc3c(N(C)C4CCOCC4)nccn3n2)cc(OC)c1. The molecule has 0 unspecified atom stereocenters. The predicted molar refractivity (Wildman–Crippen MR) is 106 cm³/mol. The number of nitrogens with zero attached hydrogens (tertiary/aromatic N) is 5. The van der Waals surface area contributed by atoms with E-state index in [1.807, 2.05) is 25.2 Å². The van der Waals surface area contributed by atoms with Crippen LogP contribution >= 0.6 is 0 Å². The van der Waals surface area contributed by atoms with Crippen molar-refractivity contribution >= 4 is 23.1 Å². The van der Waals surface area contributed by atoms with Gasteiger partial charge in [-0.2, -0.15) is 4.98 Å². The predicted octanol–water partition coefficient (Wildman–Crippen LogP) is 2.50. The van der Waals surface area contributed by atoms with Crippen LogP contribution in [0.1, 0.15) is 12.8 Å². The van der Waals surface area contributed by atoms with Crippen LogP contribution in [0.4, 0.5) is 17.5 Å². The Kier molecular flexibility index (Phi) is 5.16. The molecule has 0 atom stereocenters. The summed E-state index contributed by atoms with van der Waals surface area (Å²) in [5, 5.41) is 7.75. The fraction of sp³-hybridized carbons (Fsp3) is 0.421. The number of rotatable bonds is 6. The van der Waals surface area contributed by atoms with Gasteiger partial charge in [0.1, 0.15) is 11.5 Å². The molecular formula is C19H24N6O3. The van der Waals surface area contributed by atoms with Crippen LogP contribution in [0.15, 0.2) is 30.6 Å². The van der Waals surface area contributed by atoms with Gasteiger partial charge in [-0.05, 0) is 12.8 Å². The van der Waals surface area contributed by atoms with E-state index in [0.717, 1.165) is 37.6 Å². The Morgan fingerprint density at radius 2 is 1.86 bits per heavy atom. The molecule has 0 saturated carbocycles. The number of fused-ring (bicyclic) bond motifs is 1. The molecule has 3 heterocycles. The first kappa shape index (κ1) is 18.3. The van der Waals surface area contributed by atoms with Crippen molar-refractivity contribution in [3.63, 3.8) is 0 Å². The molecule has 0 spiro atoms. The van der Waals surface area contributed by atoms with Crippen molar-refractivity contribution in [1.29, 1.82) is 0 Å². The summed E-state index contributed by atoms with van der Waals surface area (Å²) in [5.41, 5.74) is 1.48. The van der Waals surface area contributed by atoms with Gasteiger partial charge in [-0.3, -0.25) is 0 Å². The van der Waals surface area contributed by atoms with Crippen molar-refractivity contribution in [3.8, 4) is 11.5 Å². The van der Waals surface area contributed by atoms with E-state index in [-0.39, 0.29) is 0 Å². The van der Waals surface area contributed by atoms with Gasteiger partial charge in [0.15, 0.2) is 11.5 Å². The first-order valence-corrected chi connectivity index (χ1v) is 9.20. The first-order chi connectivity index (χ1) is 13.7. The highest BCUT2D eigenvalue weighted by atomic mass is 16.5. The lowest BCUT2D eigenvalue weighted by molar-refractivity contribution is 0.0854. The summed E-state index contributed by atoms with van der Waals surface area (Å²) in [5.74, 6) is 2.66. The normalized spacial score (nSPS) is 14.8. The average molecular weight is 384 g/mol. The number of anilines is 3. The zero-order chi connectivity index (χ0) is 19.5. The van der Waals surface area contributed by atoms with Crippen molar-refractivity contribution in [1.82, 2.24) is 19.6 Å². The number of hydrogen-bond donors (Lipinski definition) is 1. The minimum absolute atomic E-state index is 0.378. The number of methoxy groups -OCH3 is 2. The summed E-state index contributed by atoms with van der Waals surface area (Å²) < 4.78 is 17.8. The zero-order valence-corrected chi connectivity index (χ0v) is 16.3. The lowest BCUT2D eigenvalue weighted by Gasteiger charge is -2.31. The Morgan fingerprint density at radius 1 is 1.14 bits per heavy atom. The summed E-state index contributed by atoms with van der Waals surface area (Å²) >= 11 is 0. The van der Waals surface area contributed by atoms with Crippen LogP contribution < -0.4 is 19.7 Å². The Balaban J connectivity index is 1.63.